The Bertz CT molecular complexity index is 276. The highest BCUT2D eigenvalue weighted by molar-refractivity contribution is 9.10. The molecule has 3 nitrogen and oxygen atoms in total. The molecule has 0 aliphatic heterocycles. The van der Waals surface area contributed by atoms with E-state index in [2.05, 4.69) is 26.2 Å². The van der Waals surface area contributed by atoms with Crippen LogP contribution < -0.4 is 5.32 Å². The average Bonchev–Trinajstić information content (AvgIpc) is 2.35. The third-order valence-electron chi connectivity index (χ3n) is 1.14. The standard InChI is InChI=1S/C6H9BrN2OS2/c1-12(10)3-2-8-6-9-5(7)4-11-6/h4H,2-3H2,1H3,(H,8,9). The Kier molecular flexibility index (Phi) is 4.17. The van der Waals surface area contributed by atoms with E-state index in [1.807, 2.05) is 5.38 Å². The highest BCUT2D eigenvalue weighted by Crippen LogP contribution is 2.18. The Balaban J connectivity index is 2.29. The summed E-state index contributed by atoms with van der Waals surface area (Å²) in [7, 11) is -0.730. The molecule has 0 radical (unpaired) electrons. The lowest BCUT2D eigenvalue weighted by Gasteiger charge is -1.98. The molecule has 1 heterocycles. The van der Waals surface area contributed by atoms with Crippen LogP contribution in [0.3, 0.4) is 0 Å². The van der Waals surface area contributed by atoms with Crippen LogP contribution in [0.5, 0.6) is 0 Å². The molecule has 0 aliphatic rings. The summed E-state index contributed by atoms with van der Waals surface area (Å²) < 4.78 is 11.5. The fourth-order valence-corrected chi connectivity index (χ4v) is 2.20. The van der Waals surface area contributed by atoms with Crippen LogP contribution in [0.4, 0.5) is 5.13 Å². The monoisotopic (exact) mass is 268 g/mol. The summed E-state index contributed by atoms with van der Waals surface area (Å²) >= 11 is 4.79. The van der Waals surface area contributed by atoms with Gasteiger partial charge < -0.3 is 5.32 Å². The topological polar surface area (TPSA) is 42.0 Å². The molecule has 1 unspecified atom stereocenters. The Labute approximate surface area is 86.2 Å². The predicted molar refractivity (Wildman–Crippen MR) is 57.2 cm³/mol. The van der Waals surface area contributed by atoms with Gasteiger partial charge in [-0.1, -0.05) is 0 Å². The molecule has 0 bridgehead atoms. The van der Waals surface area contributed by atoms with Crippen LogP contribution in [0.2, 0.25) is 0 Å². The minimum absolute atomic E-state index is 0.664. The van der Waals surface area contributed by atoms with Crippen molar-refractivity contribution in [3.63, 3.8) is 0 Å². The van der Waals surface area contributed by atoms with E-state index in [1.54, 1.807) is 6.26 Å². The highest BCUT2D eigenvalue weighted by Gasteiger charge is 1.97. The summed E-state index contributed by atoms with van der Waals surface area (Å²) in [6, 6.07) is 0. The number of nitrogens with one attached hydrogen (secondary N) is 1. The van der Waals surface area contributed by atoms with E-state index in [1.165, 1.54) is 11.3 Å². The number of hydrogen-bond donors (Lipinski definition) is 1. The molecule has 12 heavy (non-hydrogen) atoms. The second-order valence-electron chi connectivity index (χ2n) is 2.18. The number of hydrogen-bond acceptors (Lipinski definition) is 4. The first-order valence-electron chi connectivity index (χ1n) is 3.33. The van der Waals surface area contributed by atoms with Gasteiger partial charge in [-0.2, -0.15) is 0 Å². The van der Waals surface area contributed by atoms with Crippen molar-refractivity contribution < 1.29 is 4.21 Å². The van der Waals surface area contributed by atoms with Gasteiger partial charge in [-0.25, -0.2) is 4.98 Å². The molecule has 1 atom stereocenters. The van der Waals surface area contributed by atoms with E-state index in [0.717, 1.165) is 9.73 Å². The molecule has 1 N–H and O–H groups in total. The second kappa shape index (κ2) is 4.94. The van der Waals surface area contributed by atoms with E-state index in [-0.39, 0.29) is 0 Å². The molecule has 0 saturated carbocycles. The van der Waals surface area contributed by atoms with Gasteiger partial charge in [-0.15, -0.1) is 11.3 Å². The maximum absolute atomic E-state index is 10.7. The van der Waals surface area contributed by atoms with Crippen molar-refractivity contribution >= 4 is 43.2 Å². The van der Waals surface area contributed by atoms with E-state index in [4.69, 9.17) is 0 Å². The van der Waals surface area contributed by atoms with Gasteiger partial charge in [-0.3, -0.25) is 4.21 Å². The molecular weight excluding hydrogens is 260 g/mol. The van der Waals surface area contributed by atoms with Crippen molar-refractivity contribution in [3.05, 3.63) is 9.98 Å². The molecule has 0 aliphatic carbocycles. The predicted octanol–water partition coefficient (Wildman–Crippen LogP) is 1.70. The van der Waals surface area contributed by atoms with Crippen LogP contribution in [0.25, 0.3) is 0 Å². The van der Waals surface area contributed by atoms with Gasteiger partial charge in [0.25, 0.3) is 0 Å². The number of rotatable bonds is 4. The number of nitrogens with zero attached hydrogens (tertiary/aromatic N) is 1. The van der Waals surface area contributed by atoms with E-state index in [0.29, 0.717) is 12.3 Å². The smallest absolute Gasteiger partial charge is 0.183 e. The van der Waals surface area contributed by atoms with E-state index in [9.17, 15) is 4.21 Å². The van der Waals surface area contributed by atoms with Crippen LogP contribution in [0.15, 0.2) is 9.98 Å². The maximum Gasteiger partial charge on any atom is 0.183 e. The molecule has 68 valence electrons. The van der Waals surface area contributed by atoms with Gasteiger partial charge in [0, 0.05) is 34.7 Å². The summed E-state index contributed by atoms with van der Waals surface area (Å²) in [5.74, 6) is 0.664. The van der Waals surface area contributed by atoms with Crippen molar-refractivity contribution in [1.82, 2.24) is 4.98 Å². The van der Waals surface area contributed by atoms with Crippen molar-refractivity contribution in [2.45, 2.75) is 0 Å². The largest absolute Gasteiger partial charge is 0.361 e. The Morgan fingerprint density at radius 2 is 2.58 bits per heavy atom. The van der Waals surface area contributed by atoms with Gasteiger partial charge in [-0.05, 0) is 15.9 Å². The number of aromatic nitrogens is 1. The van der Waals surface area contributed by atoms with Gasteiger partial charge >= 0.3 is 0 Å². The lowest BCUT2D eigenvalue weighted by molar-refractivity contribution is 0.687. The zero-order valence-corrected chi connectivity index (χ0v) is 9.76. The van der Waals surface area contributed by atoms with Crippen molar-refractivity contribution in [2.24, 2.45) is 0 Å². The number of thiazole rings is 1. The van der Waals surface area contributed by atoms with Gasteiger partial charge in [0.1, 0.15) is 4.60 Å². The summed E-state index contributed by atoms with van der Waals surface area (Å²) in [5.41, 5.74) is 0. The van der Waals surface area contributed by atoms with Crippen LogP contribution in [0, 0.1) is 0 Å². The minimum atomic E-state index is -0.730. The highest BCUT2D eigenvalue weighted by atomic mass is 79.9. The molecule has 0 saturated heterocycles. The van der Waals surface area contributed by atoms with Gasteiger partial charge in [0.05, 0.1) is 0 Å². The molecule has 1 rings (SSSR count). The maximum atomic E-state index is 10.7. The molecule has 1 aromatic heterocycles. The molecule has 1 aromatic rings. The first-order chi connectivity index (χ1) is 5.68. The van der Waals surface area contributed by atoms with Gasteiger partial charge in [0.2, 0.25) is 0 Å². The van der Waals surface area contributed by atoms with Crippen molar-refractivity contribution in [2.75, 3.05) is 23.9 Å². The normalized spacial score (nSPS) is 12.8. The SMILES string of the molecule is CS(=O)CCNc1nc(Br)cs1. The molecule has 0 amide bonds. The van der Waals surface area contributed by atoms with E-state index >= 15 is 0 Å². The Morgan fingerprint density at radius 3 is 3.08 bits per heavy atom. The molecule has 0 spiro atoms. The zero-order valence-electron chi connectivity index (χ0n) is 6.54. The summed E-state index contributed by atoms with van der Waals surface area (Å²) in [6.45, 7) is 0.711. The zero-order chi connectivity index (χ0) is 8.97. The van der Waals surface area contributed by atoms with Crippen LogP contribution in [0.1, 0.15) is 0 Å². The Morgan fingerprint density at radius 1 is 1.83 bits per heavy atom. The van der Waals surface area contributed by atoms with Crippen LogP contribution in [-0.2, 0) is 10.8 Å². The summed E-state index contributed by atoms with van der Waals surface area (Å²) in [5, 5.41) is 5.86. The lowest BCUT2D eigenvalue weighted by atomic mass is 10.7. The fraction of sp³-hybridized carbons (Fsp3) is 0.500. The average molecular weight is 269 g/mol. The van der Waals surface area contributed by atoms with E-state index < -0.39 is 10.8 Å². The molecule has 0 fully saturated rings. The van der Waals surface area contributed by atoms with Crippen LogP contribution >= 0.6 is 27.3 Å². The molecular formula is C6H9BrN2OS2. The molecule has 6 heteroatoms. The Hall–Kier alpha value is 0.0600. The van der Waals surface area contributed by atoms with Crippen LogP contribution in [-0.4, -0.2) is 27.7 Å². The van der Waals surface area contributed by atoms with Crippen molar-refractivity contribution in [3.8, 4) is 0 Å². The first-order valence-corrected chi connectivity index (χ1v) is 6.73. The van der Waals surface area contributed by atoms with Gasteiger partial charge in [0.15, 0.2) is 5.13 Å². The van der Waals surface area contributed by atoms with Crippen molar-refractivity contribution in [1.29, 1.82) is 0 Å². The third-order valence-corrected chi connectivity index (χ3v) is 3.43. The first kappa shape index (κ1) is 10.1. The number of halogens is 1. The summed E-state index contributed by atoms with van der Waals surface area (Å²) in [6.07, 6.45) is 1.69. The molecule has 0 aromatic carbocycles. The lowest BCUT2D eigenvalue weighted by Crippen LogP contribution is -2.09. The minimum Gasteiger partial charge on any atom is -0.361 e. The quantitative estimate of drug-likeness (QED) is 0.904. The summed E-state index contributed by atoms with van der Waals surface area (Å²) in [4.78, 5) is 4.13. The third kappa shape index (κ3) is 3.64. The number of anilines is 1. The fourth-order valence-electron chi connectivity index (χ4n) is 0.637. The second-order valence-corrected chi connectivity index (χ2v) is 5.40.